The molecule has 94 valence electrons. The van der Waals surface area contributed by atoms with Gasteiger partial charge in [-0.2, -0.15) is 0 Å². The average molecular weight is 253 g/mol. The topological polar surface area (TPSA) is 46.5 Å². The van der Waals surface area contributed by atoms with E-state index in [0.29, 0.717) is 0 Å². The first-order chi connectivity index (χ1) is 8.12. The Hall–Kier alpha value is -1.07. The maximum atomic E-state index is 5.36. The Morgan fingerprint density at radius 1 is 1.59 bits per heavy atom. The number of aromatic nitrogens is 1. The van der Waals surface area contributed by atoms with Crippen molar-refractivity contribution in [3.8, 4) is 0 Å². The molecule has 1 unspecified atom stereocenters. The van der Waals surface area contributed by atoms with Crippen LogP contribution in [0.15, 0.2) is 22.3 Å². The van der Waals surface area contributed by atoms with Gasteiger partial charge in [-0.25, -0.2) is 4.98 Å². The van der Waals surface area contributed by atoms with Crippen molar-refractivity contribution in [2.75, 3.05) is 26.5 Å². The number of hydrogen-bond acceptors (Lipinski definition) is 5. The van der Waals surface area contributed by atoms with Crippen LogP contribution in [0.1, 0.15) is 25.5 Å². The van der Waals surface area contributed by atoms with Crippen LogP contribution >= 0.6 is 11.8 Å². The summed E-state index contributed by atoms with van der Waals surface area (Å²) in [6, 6.07) is 2.04. The Morgan fingerprint density at radius 3 is 2.82 bits per heavy atom. The highest BCUT2D eigenvalue weighted by molar-refractivity contribution is 8.13. The summed E-state index contributed by atoms with van der Waals surface area (Å²) in [4.78, 5) is 8.49. The molecule has 0 saturated heterocycles. The zero-order chi connectivity index (χ0) is 12.8. The van der Waals surface area contributed by atoms with Crippen molar-refractivity contribution in [3.63, 3.8) is 0 Å². The summed E-state index contributed by atoms with van der Waals surface area (Å²) in [7, 11) is 5.37. The summed E-state index contributed by atoms with van der Waals surface area (Å²) in [6.45, 7) is 3.99. The maximum absolute atomic E-state index is 5.36. The molecule has 0 aliphatic heterocycles. The molecular weight excluding hydrogens is 234 g/mol. The Morgan fingerprint density at radius 2 is 2.29 bits per heavy atom. The van der Waals surface area contributed by atoms with Gasteiger partial charge in [0.15, 0.2) is 0 Å². The lowest BCUT2D eigenvalue weighted by molar-refractivity contribution is 0.120. The van der Waals surface area contributed by atoms with Crippen LogP contribution in [0.4, 0.5) is 5.69 Å². The van der Waals surface area contributed by atoms with Gasteiger partial charge in [0.25, 0.3) is 0 Å². The minimum absolute atomic E-state index is 0.0404. The van der Waals surface area contributed by atoms with Gasteiger partial charge in [0.05, 0.1) is 23.0 Å². The van der Waals surface area contributed by atoms with Crippen LogP contribution in [0, 0.1) is 0 Å². The fraction of sp³-hybridized carbons (Fsp3) is 0.500. The van der Waals surface area contributed by atoms with Gasteiger partial charge in [-0.1, -0.05) is 11.8 Å². The van der Waals surface area contributed by atoms with Crippen molar-refractivity contribution < 1.29 is 4.74 Å². The minimum atomic E-state index is 0.0404. The first kappa shape index (κ1) is 14.0. The van der Waals surface area contributed by atoms with E-state index >= 15 is 0 Å². The van der Waals surface area contributed by atoms with E-state index in [-0.39, 0.29) is 6.10 Å². The van der Waals surface area contributed by atoms with E-state index in [1.807, 2.05) is 33.2 Å². The van der Waals surface area contributed by atoms with Crippen molar-refractivity contribution >= 4 is 22.5 Å². The van der Waals surface area contributed by atoms with E-state index < -0.39 is 0 Å². The summed E-state index contributed by atoms with van der Waals surface area (Å²) in [5.74, 6) is 0. The first-order valence-electron chi connectivity index (χ1n) is 5.44. The summed E-state index contributed by atoms with van der Waals surface area (Å²) < 4.78 is 5.36. The summed E-state index contributed by atoms with van der Waals surface area (Å²) in [5, 5.41) is 5.05. The third kappa shape index (κ3) is 3.71. The predicted molar refractivity (Wildman–Crippen MR) is 74.1 cm³/mol. The van der Waals surface area contributed by atoms with Gasteiger partial charge in [0.1, 0.15) is 5.03 Å². The van der Waals surface area contributed by atoms with Crippen molar-refractivity contribution in [3.05, 3.63) is 17.8 Å². The number of methoxy groups -OCH3 is 1. The predicted octanol–water partition coefficient (Wildman–Crippen LogP) is 2.97. The molecule has 0 spiro atoms. The molecule has 0 aliphatic carbocycles. The number of nitrogens with one attached hydrogen (secondary N) is 1. The lowest BCUT2D eigenvalue weighted by Crippen LogP contribution is -2.03. The standard InChI is InChI=1S/C12H19N3OS/c1-8(16-5)10-6-12(17-9(2)13-3)15-7-11(10)14-4/h6-8,14H,1-5H3. The molecule has 1 N–H and O–H groups in total. The van der Waals surface area contributed by atoms with Crippen LogP contribution in [0.25, 0.3) is 0 Å². The molecule has 4 nitrogen and oxygen atoms in total. The molecule has 0 amide bonds. The van der Waals surface area contributed by atoms with E-state index in [2.05, 4.69) is 15.3 Å². The largest absolute Gasteiger partial charge is 0.387 e. The van der Waals surface area contributed by atoms with Crippen molar-refractivity contribution in [1.29, 1.82) is 0 Å². The van der Waals surface area contributed by atoms with Gasteiger partial charge in [0, 0.05) is 26.8 Å². The van der Waals surface area contributed by atoms with Gasteiger partial charge in [-0.15, -0.1) is 0 Å². The smallest absolute Gasteiger partial charge is 0.102 e. The zero-order valence-electron chi connectivity index (χ0n) is 10.9. The zero-order valence-corrected chi connectivity index (χ0v) is 11.8. The SMILES string of the molecule is CN=C(C)Sc1cc(C(C)OC)c(NC)cn1. The quantitative estimate of drug-likeness (QED) is 0.509. The molecule has 1 aromatic heterocycles. The molecule has 0 bridgehead atoms. The highest BCUT2D eigenvalue weighted by atomic mass is 32.2. The van der Waals surface area contributed by atoms with Gasteiger partial charge in [0.2, 0.25) is 0 Å². The molecule has 0 aliphatic rings. The number of pyridine rings is 1. The van der Waals surface area contributed by atoms with Gasteiger partial charge in [-0.3, -0.25) is 4.99 Å². The number of hydrogen-bond donors (Lipinski definition) is 1. The molecule has 0 saturated carbocycles. The van der Waals surface area contributed by atoms with E-state index in [9.17, 15) is 0 Å². The number of anilines is 1. The normalized spacial score (nSPS) is 13.6. The molecule has 17 heavy (non-hydrogen) atoms. The maximum Gasteiger partial charge on any atom is 0.102 e. The first-order valence-corrected chi connectivity index (χ1v) is 6.25. The van der Waals surface area contributed by atoms with E-state index in [1.165, 1.54) is 0 Å². The number of ether oxygens (including phenoxy) is 1. The second kappa shape index (κ2) is 6.61. The summed E-state index contributed by atoms with van der Waals surface area (Å²) in [5.41, 5.74) is 2.10. The molecule has 5 heteroatoms. The van der Waals surface area contributed by atoms with Crippen molar-refractivity contribution in [1.82, 2.24) is 4.98 Å². The van der Waals surface area contributed by atoms with Crippen molar-refractivity contribution in [2.45, 2.75) is 25.0 Å². The van der Waals surface area contributed by atoms with Crippen LogP contribution in [-0.2, 0) is 4.74 Å². The Kier molecular flexibility index (Phi) is 5.44. The van der Waals surface area contributed by atoms with Crippen molar-refractivity contribution in [2.24, 2.45) is 4.99 Å². The minimum Gasteiger partial charge on any atom is -0.387 e. The Labute approximate surface area is 107 Å². The highest BCUT2D eigenvalue weighted by Crippen LogP contribution is 2.28. The van der Waals surface area contributed by atoms with E-state index in [4.69, 9.17) is 4.74 Å². The summed E-state index contributed by atoms with van der Waals surface area (Å²) >= 11 is 1.56. The molecule has 1 aromatic rings. The number of nitrogens with zero attached hydrogens (tertiary/aromatic N) is 2. The van der Waals surface area contributed by atoms with Crippen LogP contribution in [-0.4, -0.2) is 31.2 Å². The lowest BCUT2D eigenvalue weighted by atomic mass is 10.1. The Bertz CT molecular complexity index is 407. The number of rotatable bonds is 4. The average Bonchev–Trinajstić information content (AvgIpc) is 2.37. The molecule has 0 fully saturated rings. The van der Waals surface area contributed by atoms with E-state index in [0.717, 1.165) is 21.3 Å². The fourth-order valence-corrected chi connectivity index (χ4v) is 2.06. The van der Waals surface area contributed by atoms with Gasteiger partial charge >= 0.3 is 0 Å². The molecule has 0 aromatic carbocycles. The third-order valence-corrected chi connectivity index (χ3v) is 3.45. The van der Waals surface area contributed by atoms with Crippen LogP contribution in [0.5, 0.6) is 0 Å². The van der Waals surface area contributed by atoms with E-state index in [1.54, 1.807) is 25.9 Å². The van der Waals surface area contributed by atoms with Gasteiger partial charge in [-0.05, 0) is 19.9 Å². The van der Waals surface area contributed by atoms with Crippen LogP contribution < -0.4 is 5.32 Å². The Balaban J connectivity index is 3.04. The summed E-state index contributed by atoms with van der Waals surface area (Å²) in [6.07, 6.45) is 1.87. The molecule has 1 heterocycles. The molecule has 0 radical (unpaired) electrons. The third-order valence-electron chi connectivity index (χ3n) is 2.54. The van der Waals surface area contributed by atoms with Crippen LogP contribution in [0.2, 0.25) is 0 Å². The number of thioether (sulfide) groups is 1. The molecular formula is C12H19N3OS. The molecule has 1 atom stereocenters. The van der Waals surface area contributed by atoms with Gasteiger partial charge < -0.3 is 10.1 Å². The second-order valence-corrected chi connectivity index (χ2v) is 4.80. The fourth-order valence-electron chi connectivity index (χ4n) is 1.38. The van der Waals surface area contributed by atoms with Crippen LogP contribution in [0.3, 0.4) is 0 Å². The highest BCUT2D eigenvalue weighted by Gasteiger charge is 2.11. The molecule has 1 rings (SSSR count). The monoisotopic (exact) mass is 253 g/mol. The second-order valence-electron chi connectivity index (χ2n) is 3.58. The number of aliphatic imine (C=N–C) groups is 1. The lowest BCUT2D eigenvalue weighted by Gasteiger charge is -2.15.